The van der Waals surface area contributed by atoms with Crippen LogP contribution in [0.3, 0.4) is 0 Å². The molecule has 3 heterocycles. The van der Waals surface area contributed by atoms with Crippen molar-refractivity contribution in [3.05, 3.63) is 35.6 Å². The highest BCUT2D eigenvalue weighted by atomic mass is 19.1. The Morgan fingerprint density at radius 2 is 2.00 bits per heavy atom. The first-order valence-electron chi connectivity index (χ1n) is 10.3. The number of hydrogen-bond acceptors (Lipinski definition) is 5. The van der Waals surface area contributed by atoms with Crippen molar-refractivity contribution in [2.75, 3.05) is 39.4 Å². The number of hydrazine groups is 1. The lowest BCUT2D eigenvalue weighted by atomic mass is 9.70. The highest BCUT2D eigenvalue weighted by molar-refractivity contribution is 5.21. The Morgan fingerprint density at radius 3 is 2.70 bits per heavy atom. The molecule has 1 aromatic carbocycles. The molecule has 1 aromatic rings. The summed E-state index contributed by atoms with van der Waals surface area (Å²) in [5.74, 6) is 0.863. The van der Waals surface area contributed by atoms with Crippen molar-refractivity contribution in [1.29, 1.82) is 0 Å². The predicted octanol–water partition coefficient (Wildman–Crippen LogP) is 2.09. The zero-order valence-electron chi connectivity index (χ0n) is 16.2. The molecule has 3 fully saturated rings. The molecule has 6 heteroatoms. The van der Waals surface area contributed by atoms with Crippen LogP contribution in [-0.4, -0.2) is 55.0 Å². The van der Waals surface area contributed by atoms with Crippen LogP contribution >= 0.6 is 0 Å². The maximum Gasteiger partial charge on any atom is 0.123 e. The normalized spacial score (nSPS) is 36.2. The molecule has 0 bridgehead atoms. The summed E-state index contributed by atoms with van der Waals surface area (Å²) in [6, 6.07) is 7.00. The number of ether oxygens (including phenoxy) is 1. The molecule has 3 saturated heterocycles. The summed E-state index contributed by atoms with van der Waals surface area (Å²) in [4.78, 5) is 2.49. The summed E-state index contributed by atoms with van der Waals surface area (Å²) in [6.45, 7) is 7.51. The van der Waals surface area contributed by atoms with Gasteiger partial charge in [0.15, 0.2) is 0 Å². The molecule has 3 N–H and O–H groups in total. The van der Waals surface area contributed by atoms with E-state index in [4.69, 9.17) is 4.74 Å². The van der Waals surface area contributed by atoms with E-state index in [0.717, 1.165) is 64.2 Å². The maximum absolute atomic E-state index is 13.2. The van der Waals surface area contributed by atoms with Gasteiger partial charge >= 0.3 is 0 Å². The lowest BCUT2D eigenvalue weighted by Gasteiger charge is -2.49. The number of piperidine rings is 1. The Kier molecular flexibility index (Phi) is 5.81. The topological polar surface area (TPSA) is 56.8 Å². The Bertz CT molecular complexity index is 622. The quantitative estimate of drug-likeness (QED) is 0.750. The molecule has 0 radical (unpaired) electrons. The maximum atomic E-state index is 13.2. The number of rotatable bonds is 4. The Hall–Kier alpha value is -1.05. The van der Waals surface area contributed by atoms with Gasteiger partial charge in [0.25, 0.3) is 0 Å². The number of likely N-dealkylation sites (tertiary alicyclic amines) is 1. The number of halogens is 1. The fourth-order valence-corrected chi connectivity index (χ4v) is 5.25. The van der Waals surface area contributed by atoms with Crippen LogP contribution in [0, 0.1) is 23.6 Å². The smallest absolute Gasteiger partial charge is 0.123 e. The molecule has 5 nitrogen and oxygen atoms in total. The molecule has 0 saturated carbocycles. The summed E-state index contributed by atoms with van der Waals surface area (Å²) < 4.78 is 18.7. The van der Waals surface area contributed by atoms with E-state index in [-0.39, 0.29) is 17.8 Å². The number of nitrogens with zero attached hydrogens (tertiary/aromatic N) is 1. The van der Waals surface area contributed by atoms with Crippen molar-refractivity contribution >= 4 is 0 Å². The van der Waals surface area contributed by atoms with Gasteiger partial charge in [-0.2, -0.15) is 0 Å². The van der Waals surface area contributed by atoms with Gasteiger partial charge in [-0.3, -0.25) is 5.43 Å². The van der Waals surface area contributed by atoms with E-state index in [9.17, 15) is 9.50 Å². The van der Waals surface area contributed by atoms with Gasteiger partial charge in [-0.1, -0.05) is 19.1 Å². The fraction of sp³-hybridized carbons (Fsp3) is 0.714. The molecule has 0 spiro atoms. The van der Waals surface area contributed by atoms with Crippen LogP contribution in [0.4, 0.5) is 4.39 Å². The first-order chi connectivity index (χ1) is 13.1. The Balaban J connectivity index is 1.37. The monoisotopic (exact) mass is 377 g/mol. The van der Waals surface area contributed by atoms with Crippen molar-refractivity contribution in [3.63, 3.8) is 0 Å². The largest absolute Gasteiger partial charge is 0.389 e. The second kappa shape index (κ2) is 8.13. The number of nitrogens with one attached hydrogen (secondary N) is 2. The van der Waals surface area contributed by atoms with Gasteiger partial charge in [-0.25, -0.2) is 9.82 Å². The zero-order chi connectivity index (χ0) is 18.9. The minimum atomic E-state index is -0.553. The van der Waals surface area contributed by atoms with Gasteiger partial charge in [0.05, 0.1) is 11.6 Å². The van der Waals surface area contributed by atoms with Gasteiger partial charge in [-0.15, -0.1) is 0 Å². The van der Waals surface area contributed by atoms with Crippen molar-refractivity contribution in [2.24, 2.45) is 17.8 Å². The standard InChI is InChI=1S/C21H32FN3O2/c1-15-13-25(9-8-21(15,26)18-6-10-27-11-7-18)14-17-12-23-24-20(17)16-2-4-19(22)5-3-16/h2-5,15,17-18,20,23-24,26H,6-14H2,1H3/t15-,17?,20?,21+/m1/s1. The van der Waals surface area contributed by atoms with E-state index >= 15 is 0 Å². The number of benzene rings is 1. The Morgan fingerprint density at radius 1 is 1.26 bits per heavy atom. The van der Waals surface area contributed by atoms with E-state index in [1.54, 1.807) is 0 Å². The van der Waals surface area contributed by atoms with Crippen LogP contribution < -0.4 is 10.9 Å². The first-order valence-corrected chi connectivity index (χ1v) is 10.3. The van der Waals surface area contributed by atoms with Gasteiger partial charge < -0.3 is 14.7 Å². The lowest BCUT2D eigenvalue weighted by Crippen LogP contribution is -2.56. The van der Waals surface area contributed by atoms with Crippen LogP contribution in [-0.2, 0) is 4.74 Å². The van der Waals surface area contributed by atoms with Gasteiger partial charge in [-0.05, 0) is 48.8 Å². The number of hydrogen-bond donors (Lipinski definition) is 3. The molecule has 0 aromatic heterocycles. The predicted molar refractivity (Wildman–Crippen MR) is 102 cm³/mol. The van der Waals surface area contributed by atoms with Crippen molar-refractivity contribution in [1.82, 2.24) is 15.8 Å². The van der Waals surface area contributed by atoms with Crippen LogP contribution in [0.15, 0.2) is 24.3 Å². The van der Waals surface area contributed by atoms with E-state index in [0.29, 0.717) is 11.8 Å². The third-order valence-corrected chi connectivity index (χ3v) is 6.96. The highest BCUT2D eigenvalue weighted by Crippen LogP contribution is 2.40. The molecule has 3 aliphatic rings. The van der Waals surface area contributed by atoms with E-state index in [2.05, 4.69) is 22.7 Å². The summed E-state index contributed by atoms with van der Waals surface area (Å²) in [6.07, 6.45) is 2.79. The summed E-state index contributed by atoms with van der Waals surface area (Å²) in [7, 11) is 0. The van der Waals surface area contributed by atoms with Crippen molar-refractivity contribution in [3.8, 4) is 0 Å². The van der Waals surface area contributed by atoms with E-state index in [1.807, 2.05) is 12.1 Å². The fourth-order valence-electron chi connectivity index (χ4n) is 5.25. The first kappa shape index (κ1) is 19.3. The molecule has 3 aliphatic heterocycles. The molecule has 2 unspecified atom stereocenters. The average Bonchev–Trinajstić information content (AvgIpc) is 3.14. The summed E-state index contributed by atoms with van der Waals surface area (Å²) in [5, 5.41) is 11.4. The minimum Gasteiger partial charge on any atom is -0.389 e. The lowest BCUT2D eigenvalue weighted by molar-refractivity contribution is -0.131. The summed E-state index contributed by atoms with van der Waals surface area (Å²) in [5.41, 5.74) is 7.19. The SMILES string of the molecule is C[C@@H]1CN(CC2CNNC2c2ccc(F)cc2)CC[C@@]1(O)C1CCOCC1. The highest BCUT2D eigenvalue weighted by Gasteiger charge is 2.45. The molecule has 4 rings (SSSR count). The second-order valence-electron chi connectivity index (χ2n) is 8.60. The van der Waals surface area contributed by atoms with E-state index in [1.165, 1.54) is 12.1 Å². The minimum absolute atomic E-state index is 0.192. The molecule has 27 heavy (non-hydrogen) atoms. The third-order valence-electron chi connectivity index (χ3n) is 6.96. The second-order valence-corrected chi connectivity index (χ2v) is 8.60. The summed E-state index contributed by atoms with van der Waals surface area (Å²) >= 11 is 0. The third kappa shape index (κ3) is 4.05. The van der Waals surface area contributed by atoms with E-state index < -0.39 is 5.60 Å². The van der Waals surface area contributed by atoms with Crippen LogP contribution in [0.2, 0.25) is 0 Å². The molecular weight excluding hydrogens is 345 g/mol. The molecule has 0 aliphatic carbocycles. The average molecular weight is 378 g/mol. The van der Waals surface area contributed by atoms with Crippen LogP contribution in [0.5, 0.6) is 0 Å². The molecule has 0 amide bonds. The van der Waals surface area contributed by atoms with Crippen LogP contribution in [0.1, 0.15) is 37.8 Å². The van der Waals surface area contributed by atoms with Crippen molar-refractivity contribution < 1.29 is 14.2 Å². The molecule has 4 atom stereocenters. The van der Waals surface area contributed by atoms with Crippen molar-refractivity contribution in [2.45, 2.75) is 37.8 Å². The molecular formula is C21H32FN3O2. The van der Waals surface area contributed by atoms with Gasteiger partial charge in [0, 0.05) is 45.3 Å². The Labute approximate surface area is 161 Å². The van der Waals surface area contributed by atoms with Crippen LogP contribution in [0.25, 0.3) is 0 Å². The number of aliphatic hydroxyl groups is 1. The van der Waals surface area contributed by atoms with Gasteiger partial charge in [0.2, 0.25) is 0 Å². The van der Waals surface area contributed by atoms with Gasteiger partial charge in [0.1, 0.15) is 5.82 Å². The molecule has 150 valence electrons. The zero-order valence-corrected chi connectivity index (χ0v) is 16.2.